The molecule has 1 aliphatic heterocycles. The Labute approximate surface area is 164 Å². The molecule has 1 heterocycles. The number of nitrogens with zero attached hydrogens (tertiary/aromatic N) is 1. The molecule has 0 unspecified atom stereocenters. The number of hydrogen-bond donors (Lipinski definition) is 2. The summed E-state index contributed by atoms with van der Waals surface area (Å²) in [6.45, 7) is 0.385. The van der Waals surface area contributed by atoms with Gasteiger partial charge in [0.15, 0.2) is 0 Å². The van der Waals surface area contributed by atoms with Gasteiger partial charge in [-0.2, -0.15) is 0 Å². The lowest BCUT2D eigenvalue weighted by Gasteiger charge is -2.18. The number of rotatable bonds is 3. The molecule has 2 N–H and O–H groups in total. The highest BCUT2D eigenvalue weighted by Crippen LogP contribution is 2.32. The number of carbonyl (C=O) groups is 1. The molecule has 1 aliphatic rings. The summed E-state index contributed by atoms with van der Waals surface area (Å²) >= 11 is 7.97. The van der Waals surface area contributed by atoms with E-state index in [0.717, 1.165) is 3.57 Å². The fourth-order valence-electron chi connectivity index (χ4n) is 2.54. The van der Waals surface area contributed by atoms with Gasteiger partial charge in [0, 0.05) is 15.7 Å². The van der Waals surface area contributed by atoms with Crippen molar-refractivity contribution in [2.45, 2.75) is 6.42 Å². The third kappa shape index (κ3) is 3.85. The summed E-state index contributed by atoms with van der Waals surface area (Å²) in [4.78, 5) is 12.4. The van der Waals surface area contributed by atoms with Gasteiger partial charge in [-0.05, 0) is 65.4 Å². The Kier molecular flexibility index (Phi) is 5.12. The molecule has 0 saturated carbocycles. The zero-order valence-corrected chi connectivity index (χ0v) is 16.6. The van der Waals surface area contributed by atoms with Gasteiger partial charge in [0.2, 0.25) is 10.0 Å². The van der Waals surface area contributed by atoms with Crippen molar-refractivity contribution in [1.82, 2.24) is 0 Å². The van der Waals surface area contributed by atoms with E-state index in [1.807, 2.05) is 22.6 Å². The van der Waals surface area contributed by atoms with E-state index < -0.39 is 15.9 Å². The monoisotopic (exact) mass is 492 g/mol. The number of benzene rings is 2. The van der Waals surface area contributed by atoms with Crippen LogP contribution in [0.4, 0.5) is 11.4 Å². The molecule has 0 radical (unpaired) electrons. The Bertz CT molecular complexity index is 949. The van der Waals surface area contributed by atoms with Crippen molar-refractivity contribution >= 4 is 61.5 Å². The average Bonchev–Trinajstić information content (AvgIpc) is 2.91. The maximum atomic E-state index is 12.4. The molecule has 25 heavy (non-hydrogen) atoms. The van der Waals surface area contributed by atoms with Gasteiger partial charge in [0.1, 0.15) is 5.75 Å². The van der Waals surface area contributed by atoms with Crippen molar-refractivity contribution in [1.29, 1.82) is 0 Å². The molecule has 1 amide bonds. The molecular formula is C16H14ClIN2O4S. The van der Waals surface area contributed by atoms with E-state index in [9.17, 15) is 18.3 Å². The largest absolute Gasteiger partial charge is 0.506 e. The third-order valence-electron chi connectivity index (χ3n) is 3.80. The molecule has 1 fully saturated rings. The number of aromatic hydroxyl groups is 1. The highest BCUT2D eigenvalue weighted by Gasteiger charge is 2.29. The van der Waals surface area contributed by atoms with E-state index >= 15 is 0 Å². The predicted octanol–water partition coefficient (Wildman–Crippen LogP) is 3.44. The predicted molar refractivity (Wildman–Crippen MR) is 106 cm³/mol. The van der Waals surface area contributed by atoms with E-state index in [1.54, 1.807) is 18.2 Å². The Hall–Kier alpha value is -1.52. The SMILES string of the molecule is O=C(Nc1cc(N2CCCS2(=O)=O)ccc1O)c1ccc(Cl)c(I)c1. The molecule has 2 aromatic carbocycles. The number of amides is 1. The van der Waals surface area contributed by atoms with Crippen LogP contribution >= 0.6 is 34.2 Å². The summed E-state index contributed by atoms with van der Waals surface area (Å²) in [5.74, 6) is -0.470. The summed E-state index contributed by atoms with van der Waals surface area (Å²) in [6, 6.07) is 9.15. The van der Waals surface area contributed by atoms with Crippen LogP contribution in [0.25, 0.3) is 0 Å². The molecule has 0 aliphatic carbocycles. The lowest BCUT2D eigenvalue weighted by Crippen LogP contribution is -2.25. The van der Waals surface area contributed by atoms with E-state index in [2.05, 4.69) is 5.32 Å². The van der Waals surface area contributed by atoms with E-state index in [0.29, 0.717) is 29.2 Å². The minimum atomic E-state index is -3.34. The Balaban J connectivity index is 1.88. The van der Waals surface area contributed by atoms with Crippen LogP contribution in [-0.4, -0.2) is 31.7 Å². The fourth-order valence-corrected chi connectivity index (χ4v) is 4.73. The molecule has 6 nitrogen and oxygen atoms in total. The zero-order valence-electron chi connectivity index (χ0n) is 12.9. The molecule has 9 heteroatoms. The summed E-state index contributed by atoms with van der Waals surface area (Å²) in [6.07, 6.45) is 0.550. The summed E-state index contributed by atoms with van der Waals surface area (Å²) in [5, 5.41) is 13.1. The summed E-state index contributed by atoms with van der Waals surface area (Å²) in [5.41, 5.74) is 0.943. The third-order valence-corrected chi connectivity index (χ3v) is 7.21. The van der Waals surface area contributed by atoms with Crippen LogP contribution in [0.1, 0.15) is 16.8 Å². The van der Waals surface area contributed by atoms with Gasteiger partial charge in [-0.25, -0.2) is 8.42 Å². The first-order valence-electron chi connectivity index (χ1n) is 7.38. The summed E-state index contributed by atoms with van der Waals surface area (Å²) < 4.78 is 26.1. The highest BCUT2D eigenvalue weighted by molar-refractivity contribution is 14.1. The minimum absolute atomic E-state index is 0.0960. The molecule has 0 atom stereocenters. The van der Waals surface area contributed by atoms with Crippen molar-refractivity contribution < 1.29 is 18.3 Å². The van der Waals surface area contributed by atoms with Crippen LogP contribution < -0.4 is 9.62 Å². The number of anilines is 2. The first kappa shape index (κ1) is 18.3. The molecule has 3 rings (SSSR count). The van der Waals surface area contributed by atoms with Crippen molar-refractivity contribution in [3.05, 3.63) is 50.6 Å². The second-order valence-electron chi connectivity index (χ2n) is 5.53. The average molecular weight is 493 g/mol. The normalized spacial score (nSPS) is 16.0. The molecule has 0 bridgehead atoms. The molecule has 0 spiro atoms. The van der Waals surface area contributed by atoms with E-state index in [-0.39, 0.29) is 17.2 Å². The molecular weight excluding hydrogens is 479 g/mol. The van der Waals surface area contributed by atoms with Gasteiger partial charge >= 0.3 is 0 Å². The maximum absolute atomic E-state index is 12.4. The first-order chi connectivity index (χ1) is 11.8. The number of phenolic OH excluding ortho intramolecular Hbond substituents is 1. The van der Waals surface area contributed by atoms with Gasteiger partial charge in [-0.1, -0.05) is 11.6 Å². The lowest BCUT2D eigenvalue weighted by molar-refractivity contribution is 0.102. The van der Waals surface area contributed by atoms with Gasteiger partial charge in [0.25, 0.3) is 5.91 Å². The lowest BCUT2D eigenvalue weighted by atomic mass is 10.2. The molecule has 0 aromatic heterocycles. The maximum Gasteiger partial charge on any atom is 0.255 e. The number of phenols is 1. The van der Waals surface area contributed by atoms with Gasteiger partial charge < -0.3 is 10.4 Å². The second-order valence-corrected chi connectivity index (χ2v) is 9.11. The number of carbonyl (C=O) groups excluding carboxylic acids is 1. The standard InChI is InChI=1S/C16H14ClIN2O4S/c17-12-4-2-10(8-13(12)18)16(22)19-14-9-11(3-5-15(14)21)20-6-1-7-25(20,23)24/h2-5,8-9,21H,1,6-7H2,(H,19,22). The van der Waals surface area contributed by atoms with Crippen LogP contribution in [0.5, 0.6) is 5.75 Å². The molecule has 1 saturated heterocycles. The fraction of sp³-hybridized carbons (Fsp3) is 0.188. The Morgan fingerprint density at radius 3 is 2.64 bits per heavy atom. The van der Waals surface area contributed by atoms with Gasteiger partial charge in [-0.3, -0.25) is 9.10 Å². The van der Waals surface area contributed by atoms with Crippen LogP contribution in [0.2, 0.25) is 5.02 Å². The number of nitrogens with one attached hydrogen (secondary N) is 1. The Morgan fingerprint density at radius 2 is 2.00 bits per heavy atom. The highest BCUT2D eigenvalue weighted by atomic mass is 127. The number of halogens is 2. The number of hydrogen-bond acceptors (Lipinski definition) is 4. The van der Waals surface area contributed by atoms with Crippen molar-refractivity contribution in [2.24, 2.45) is 0 Å². The second kappa shape index (κ2) is 7.00. The first-order valence-corrected chi connectivity index (χ1v) is 10.4. The molecule has 2 aromatic rings. The van der Waals surface area contributed by atoms with E-state index in [1.165, 1.54) is 22.5 Å². The smallest absolute Gasteiger partial charge is 0.255 e. The topological polar surface area (TPSA) is 86.7 Å². The van der Waals surface area contributed by atoms with Crippen molar-refractivity contribution in [2.75, 3.05) is 21.9 Å². The van der Waals surface area contributed by atoms with Crippen LogP contribution in [0, 0.1) is 3.57 Å². The van der Waals surface area contributed by atoms with Crippen LogP contribution in [0.15, 0.2) is 36.4 Å². The number of sulfonamides is 1. The van der Waals surface area contributed by atoms with Crippen LogP contribution in [-0.2, 0) is 10.0 Å². The quantitative estimate of drug-likeness (QED) is 0.508. The van der Waals surface area contributed by atoms with E-state index in [4.69, 9.17) is 11.6 Å². The van der Waals surface area contributed by atoms with Crippen molar-refractivity contribution in [3.8, 4) is 5.75 Å². The Morgan fingerprint density at radius 1 is 1.24 bits per heavy atom. The zero-order chi connectivity index (χ0) is 18.2. The minimum Gasteiger partial charge on any atom is -0.506 e. The van der Waals surface area contributed by atoms with Crippen LogP contribution in [0.3, 0.4) is 0 Å². The molecule has 132 valence electrons. The van der Waals surface area contributed by atoms with Gasteiger partial charge in [-0.15, -0.1) is 0 Å². The van der Waals surface area contributed by atoms with Crippen molar-refractivity contribution in [3.63, 3.8) is 0 Å². The summed E-state index contributed by atoms with van der Waals surface area (Å²) in [7, 11) is -3.34. The van der Waals surface area contributed by atoms with Gasteiger partial charge in [0.05, 0.1) is 22.2 Å².